The summed E-state index contributed by atoms with van der Waals surface area (Å²) in [6.07, 6.45) is 1.73. The van der Waals surface area contributed by atoms with Crippen molar-refractivity contribution in [2.45, 2.75) is 6.04 Å². The van der Waals surface area contributed by atoms with Crippen LogP contribution in [0, 0.1) is 11.6 Å². The second-order valence-corrected chi connectivity index (χ2v) is 3.77. The molecule has 0 aliphatic carbocycles. The van der Waals surface area contributed by atoms with Gasteiger partial charge in [-0.1, -0.05) is 6.07 Å². The van der Waals surface area contributed by atoms with E-state index in [0.717, 1.165) is 0 Å². The van der Waals surface area contributed by atoms with E-state index >= 15 is 0 Å². The summed E-state index contributed by atoms with van der Waals surface area (Å²) in [4.78, 5) is 0. The number of benzene rings is 1. The van der Waals surface area contributed by atoms with Crippen molar-refractivity contribution in [2.75, 3.05) is 7.05 Å². The van der Waals surface area contributed by atoms with Crippen LogP contribution in [-0.4, -0.2) is 16.8 Å². The van der Waals surface area contributed by atoms with Crippen molar-refractivity contribution in [3.05, 3.63) is 53.4 Å². The van der Waals surface area contributed by atoms with Gasteiger partial charge in [-0.05, 0) is 25.2 Å². The van der Waals surface area contributed by atoms with E-state index < -0.39 is 17.7 Å². The molecule has 5 heteroatoms. The molecule has 0 aliphatic rings. The van der Waals surface area contributed by atoms with E-state index in [1.165, 1.54) is 18.2 Å². The van der Waals surface area contributed by atoms with E-state index in [0.29, 0.717) is 5.69 Å². The lowest BCUT2D eigenvalue weighted by Crippen LogP contribution is -2.21. The number of nitrogens with one attached hydrogen (secondary N) is 1. The van der Waals surface area contributed by atoms with Crippen LogP contribution in [0.25, 0.3) is 0 Å². The van der Waals surface area contributed by atoms with E-state index in [4.69, 9.17) is 0 Å². The molecule has 17 heavy (non-hydrogen) atoms. The standard InChI is InChI=1S/C12H13F2N3/c1-15-12(10-6-7-17(2)16-10)11-8(13)4-3-5-9(11)14/h3-7,12,15H,1-2H3. The Morgan fingerprint density at radius 3 is 2.35 bits per heavy atom. The first-order valence-electron chi connectivity index (χ1n) is 5.24. The Balaban J connectivity index is 2.49. The van der Waals surface area contributed by atoms with Crippen molar-refractivity contribution in [1.29, 1.82) is 0 Å². The third-order valence-corrected chi connectivity index (χ3v) is 2.61. The van der Waals surface area contributed by atoms with Gasteiger partial charge >= 0.3 is 0 Å². The molecule has 0 bridgehead atoms. The topological polar surface area (TPSA) is 29.9 Å². The van der Waals surface area contributed by atoms with Crippen LogP contribution in [0.1, 0.15) is 17.3 Å². The largest absolute Gasteiger partial charge is 0.308 e. The summed E-state index contributed by atoms with van der Waals surface area (Å²) in [7, 11) is 3.40. The van der Waals surface area contributed by atoms with Crippen molar-refractivity contribution in [3.63, 3.8) is 0 Å². The average Bonchev–Trinajstić information content (AvgIpc) is 2.70. The van der Waals surface area contributed by atoms with Gasteiger partial charge in [-0.3, -0.25) is 4.68 Å². The third-order valence-electron chi connectivity index (χ3n) is 2.61. The summed E-state index contributed by atoms with van der Waals surface area (Å²) in [5, 5.41) is 7.04. The summed E-state index contributed by atoms with van der Waals surface area (Å²) < 4.78 is 28.9. The molecule has 90 valence electrons. The number of aromatic nitrogens is 2. The summed E-state index contributed by atoms with van der Waals surface area (Å²) in [6, 6.07) is 4.97. The fraction of sp³-hybridized carbons (Fsp3) is 0.250. The SMILES string of the molecule is CNC(c1ccn(C)n1)c1c(F)cccc1F. The van der Waals surface area contributed by atoms with Gasteiger partial charge in [0.25, 0.3) is 0 Å². The van der Waals surface area contributed by atoms with E-state index in [1.807, 2.05) is 0 Å². The minimum Gasteiger partial charge on any atom is -0.308 e. The van der Waals surface area contributed by atoms with Gasteiger partial charge in [-0.15, -0.1) is 0 Å². The van der Waals surface area contributed by atoms with Crippen LogP contribution >= 0.6 is 0 Å². The van der Waals surface area contributed by atoms with E-state index in [-0.39, 0.29) is 5.56 Å². The van der Waals surface area contributed by atoms with E-state index in [1.54, 1.807) is 31.0 Å². The van der Waals surface area contributed by atoms with Crippen LogP contribution in [0.5, 0.6) is 0 Å². The molecule has 1 unspecified atom stereocenters. The van der Waals surface area contributed by atoms with Crippen LogP contribution in [0.2, 0.25) is 0 Å². The molecule has 0 spiro atoms. The summed E-state index contributed by atoms with van der Waals surface area (Å²) in [6.45, 7) is 0. The van der Waals surface area contributed by atoms with Gasteiger partial charge in [0.2, 0.25) is 0 Å². The molecule has 0 aliphatic heterocycles. The van der Waals surface area contributed by atoms with Gasteiger partial charge in [0, 0.05) is 18.8 Å². The molecular formula is C12H13F2N3. The fourth-order valence-electron chi connectivity index (χ4n) is 1.81. The summed E-state index contributed by atoms with van der Waals surface area (Å²) in [5.74, 6) is -1.15. The number of hydrogen-bond donors (Lipinski definition) is 1. The average molecular weight is 237 g/mol. The predicted molar refractivity (Wildman–Crippen MR) is 60.5 cm³/mol. The zero-order chi connectivity index (χ0) is 12.4. The second kappa shape index (κ2) is 4.63. The summed E-state index contributed by atoms with van der Waals surface area (Å²) >= 11 is 0. The van der Waals surface area contributed by atoms with Crippen molar-refractivity contribution in [1.82, 2.24) is 15.1 Å². The van der Waals surface area contributed by atoms with Gasteiger partial charge in [0.1, 0.15) is 11.6 Å². The Kier molecular flexibility index (Phi) is 3.19. The van der Waals surface area contributed by atoms with Crippen LogP contribution in [0.3, 0.4) is 0 Å². The monoisotopic (exact) mass is 237 g/mol. The molecule has 1 heterocycles. The third kappa shape index (κ3) is 2.19. The maximum Gasteiger partial charge on any atom is 0.131 e. The fourth-order valence-corrected chi connectivity index (χ4v) is 1.81. The molecule has 0 radical (unpaired) electrons. The molecule has 0 saturated carbocycles. The van der Waals surface area contributed by atoms with Gasteiger partial charge in [0.15, 0.2) is 0 Å². The molecule has 0 amide bonds. The molecule has 0 saturated heterocycles. The van der Waals surface area contributed by atoms with Crippen LogP contribution in [0.15, 0.2) is 30.5 Å². The molecule has 1 atom stereocenters. The number of aryl methyl sites for hydroxylation is 1. The normalized spacial score (nSPS) is 12.7. The highest BCUT2D eigenvalue weighted by molar-refractivity contribution is 5.29. The molecule has 1 aromatic carbocycles. The molecule has 3 nitrogen and oxygen atoms in total. The molecule has 2 rings (SSSR count). The molecule has 2 aromatic rings. The molecular weight excluding hydrogens is 224 g/mol. The van der Waals surface area contributed by atoms with E-state index in [9.17, 15) is 8.78 Å². The Morgan fingerprint density at radius 2 is 1.88 bits per heavy atom. The first kappa shape index (κ1) is 11.7. The number of halogens is 2. The van der Waals surface area contributed by atoms with Crippen LogP contribution in [-0.2, 0) is 7.05 Å². The number of nitrogens with zero attached hydrogens (tertiary/aromatic N) is 2. The lowest BCUT2D eigenvalue weighted by molar-refractivity contribution is 0.514. The van der Waals surface area contributed by atoms with Gasteiger partial charge < -0.3 is 5.32 Å². The van der Waals surface area contributed by atoms with Crippen LogP contribution < -0.4 is 5.32 Å². The molecule has 1 N–H and O–H groups in total. The molecule has 0 fully saturated rings. The maximum atomic E-state index is 13.7. The highest BCUT2D eigenvalue weighted by Crippen LogP contribution is 2.25. The number of rotatable bonds is 3. The molecule has 1 aromatic heterocycles. The zero-order valence-electron chi connectivity index (χ0n) is 9.61. The summed E-state index contributed by atoms with van der Waals surface area (Å²) in [5.41, 5.74) is 0.577. The van der Waals surface area contributed by atoms with Crippen LogP contribution in [0.4, 0.5) is 8.78 Å². The Hall–Kier alpha value is -1.75. The van der Waals surface area contributed by atoms with Gasteiger partial charge in [0.05, 0.1) is 11.7 Å². The predicted octanol–water partition coefficient (Wildman–Crippen LogP) is 2.01. The van der Waals surface area contributed by atoms with Crippen molar-refractivity contribution in [2.24, 2.45) is 7.05 Å². The number of hydrogen-bond acceptors (Lipinski definition) is 2. The van der Waals surface area contributed by atoms with Crippen molar-refractivity contribution in [3.8, 4) is 0 Å². The first-order chi connectivity index (χ1) is 8.13. The zero-order valence-corrected chi connectivity index (χ0v) is 9.61. The smallest absolute Gasteiger partial charge is 0.131 e. The lowest BCUT2D eigenvalue weighted by atomic mass is 10.0. The highest BCUT2D eigenvalue weighted by Gasteiger charge is 2.22. The second-order valence-electron chi connectivity index (χ2n) is 3.77. The lowest BCUT2D eigenvalue weighted by Gasteiger charge is -2.15. The first-order valence-corrected chi connectivity index (χ1v) is 5.24. The van der Waals surface area contributed by atoms with Crippen molar-refractivity contribution >= 4 is 0 Å². The minimum atomic E-state index is -0.586. The Bertz CT molecular complexity index is 502. The Labute approximate surface area is 98.1 Å². The Morgan fingerprint density at radius 1 is 1.24 bits per heavy atom. The van der Waals surface area contributed by atoms with Crippen molar-refractivity contribution < 1.29 is 8.78 Å². The van der Waals surface area contributed by atoms with E-state index in [2.05, 4.69) is 10.4 Å². The minimum absolute atomic E-state index is 0.00583. The highest BCUT2D eigenvalue weighted by atomic mass is 19.1. The van der Waals surface area contributed by atoms with Gasteiger partial charge in [-0.25, -0.2) is 8.78 Å². The maximum absolute atomic E-state index is 13.7. The van der Waals surface area contributed by atoms with Gasteiger partial charge in [-0.2, -0.15) is 5.10 Å². The quantitative estimate of drug-likeness (QED) is 0.885.